The lowest BCUT2D eigenvalue weighted by Gasteiger charge is -2.37. The molecule has 2 amide bonds. The lowest BCUT2D eigenvalue weighted by Crippen LogP contribution is -2.52. The van der Waals surface area contributed by atoms with Crippen LogP contribution in [0.3, 0.4) is 0 Å². The van der Waals surface area contributed by atoms with Crippen LogP contribution in [0.1, 0.15) is 23.0 Å². The standard InChI is InChI=1S/C18H23N5O2S/c1-13(17(25)21-18-15(16(19)24)5-11-26-18)23-9-7-22(8-10-23)12-14-4-2-3-6-20-14/h2-6,11,13H,7-10,12H2,1H3,(H2,19,24)(H,21,25). The first kappa shape index (κ1) is 18.5. The molecule has 0 radical (unpaired) electrons. The maximum absolute atomic E-state index is 12.5. The Hall–Kier alpha value is -2.29. The molecule has 1 aliphatic rings. The number of hydrogen-bond donors (Lipinski definition) is 2. The third kappa shape index (κ3) is 4.46. The highest BCUT2D eigenvalue weighted by Gasteiger charge is 2.26. The summed E-state index contributed by atoms with van der Waals surface area (Å²) >= 11 is 1.31. The number of nitrogens with one attached hydrogen (secondary N) is 1. The first-order valence-corrected chi connectivity index (χ1v) is 9.47. The van der Waals surface area contributed by atoms with Gasteiger partial charge >= 0.3 is 0 Å². The van der Waals surface area contributed by atoms with Crippen molar-refractivity contribution in [2.24, 2.45) is 5.73 Å². The minimum absolute atomic E-state index is 0.117. The molecule has 3 rings (SSSR count). The molecule has 7 nitrogen and oxygen atoms in total. The van der Waals surface area contributed by atoms with Gasteiger partial charge in [0.25, 0.3) is 5.91 Å². The zero-order valence-electron chi connectivity index (χ0n) is 14.7. The third-order valence-electron chi connectivity index (χ3n) is 4.61. The van der Waals surface area contributed by atoms with Gasteiger partial charge in [-0.15, -0.1) is 11.3 Å². The zero-order valence-corrected chi connectivity index (χ0v) is 15.5. The van der Waals surface area contributed by atoms with Crippen LogP contribution in [0, 0.1) is 0 Å². The molecule has 0 aliphatic carbocycles. The topological polar surface area (TPSA) is 91.6 Å². The molecule has 1 saturated heterocycles. The van der Waals surface area contributed by atoms with Crippen molar-refractivity contribution < 1.29 is 9.59 Å². The molecule has 2 aromatic heterocycles. The monoisotopic (exact) mass is 373 g/mol. The minimum atomic E-state index is -0.530. The highest BCUT2D eigenvalue weighted by molar-refractivity contribution is 7.14. The number of amides is 2. The predicted octanol–water partition coefficient (Wildman–Crippen LogP) is 1.39. The average molecular weight is 373 g/mol. The number of nitrogens with zero attached hydrogens (tertiary/aromatic N) is 3. The maximum atomic E-state index is 12.5. The van der Waals surface area contributed by atoms with E-state index < -0.39 is 5.91 Å². The normalized spacial score (nSPS) is 17.0. The Balaban J connectivity index is 1.51. The van der Waals surface area contributed by atoms with Crippen LogP contribution in [0.15, 0.2) is 35.8 Å². The largest absolute Gasteiger partial charge is 0.366 e. The second-order valence-electron chi connectivity index (χ2n) is 6.33. The van der Waals surface area contributed by atoms with Gasteiger partial charge in [0.15, 0.2) is 0 Å². The second kappa shape index (κ2) is 8.39. The number of pyridine rings is 1. The summed E-state index contributed by atoms with van der Waals surface area (Å²) in [6, 6.07) is 7.30. The SMILES string of the molecule is CC(C(=O)Nc1sccc1C(N)=O)N1CCN(Cc2ccccn2)CC1. The van der Waals surface area contributed by atoms with E-state index in [4.69, 9.17) is 5.73 Å². The Morgan fingerprint density at radius 1 is 1.27 bits per heavy atom. The molecule has 1 fully saturated rings. The Morgan fingerprint density at radius 3 is 2.69 bits per heavy atom. The van der Waals surface area contributed by atoms with Crippen LogP contribution in [0.4, 0.5) is 5.00 Å². The number of nitrogens with two attached hydrogens (primary N) is 1. The number of primary amides is 1. The van der Waals surface area contributed by atoms with Gasteiger partial charge in [0.05, 0.1) is 17.3 Å². The second-order valence-corrected chi connectivity index (χ2v) is 7.24. The Kier molecular flexibility index (Phi) is 5.97. The molecular formula is C18H23N5O2S. The van der Waals surface area contributed by atoms with E-state index in [0.29, 0.717) is 10.6 Å². The summed E-state index contributed by atoms with van der Waals surface area (Å²) in [4.78, 5) is 32.8. The summed E-state index contributed by atoms with van der Waals surface area (Å²) in [6.07, 6.45) is 1.81. The number of piperazine rings is 1. The fourth-order valence-corrected chi connectivity index (χ4v) is 3.81. The molecule has 26 heavy (non-hydrogen) atoms. The van der Waals surface area contributed by atoms with Crippen molar-refractivity contribution in [2.45, 2.75) is 19.5 Å². The van der Waals surface area contributed by atoms with Crippen LogP contribution in [0.5, 0.6) is 0 Å². The lowest BCUT2D eigenvalue weighted by molar-refractivity contribution is -0.121. The van der Waals surface area contributed by atoms with E-state index in [1.165, 1.54) is 11.3 Å². The summed E-state index contributed by atoms with van der Waals surface area (Å²) in [5, 5.41) is 5.10. The quantitative estimate of drug-likeness (QED) is 0.798. The van der Waals surface area contributed by atoms with Crippen LogP contribution in [-0.4, -0.2) is 58.8 Å². The Labute approximate surface area is 156 Å². The molecule has 2 aromatic rings. The highest BCUT2D eigenvalue weighted by Crippen LogP contribution is 2.23. The van der Waals surface area contributed by atoms with Crippen molar-refractivity contribution in [1.82, 2.24) is 14.8 Å². The van der Waals surface area contributed by atoms with Gasteiger partial charge < -0.3 is 11.1 Å². The summed E-state index contributed by atoms with van der Waals surface area (Å²) in [5.41, 5.74) is 6.74. The number of hydrogen-bond acceptors (Lipinski definition) is 6. The molecule has 1 atom stereocenters. The van der Waals surface area contributed by atoms with E-state index in [1.807, 2.05) is 31.3 Å². The number of aromatic nitrogens is 1. The van der Waals surface area contributed by atoms with Crippen molar-refractivity contribution in [2.75, 3.05) is 31.5 Å². The Morgan fingerprint density at radius 2 is 2.04 bits per heavy atom. The summed E-state index contributed by atoms with van der Waals surface area (Å²) in [5.74, 6) is -0.648. The van der Waals surface area contributed by atoms with Crippen LogP contribution in [0.2, 0.25) is 0 Å². The Bertz CT molecular complexity index is 756. The van der Waals surface area contributed by atoms with E-state index in [-0.39, 0.29) is 11.9 Å². The fraction of sp³-hybridized carbons (Fsp3) is 0.389. The molecule has 0 bridgehead atoms. The van der Waals surface area contributed by atoms with Crippen LogP contribution >= 0.6 is 11.3 Å². The number of thiophene rings is 1. The van der Waals surface area contributed by atoms with Crippen LogP contribution in [-0.2, 0) is 11.3 Å². The van der Waals surface area contributed by atoms with Gasteiger partial charge in [-0.05, 0) is 30.5 Å². The molecule has 0 saturated carbocycles. The fourth-order valence-electron chi connectivity index (χ4n) is 3.01. The van der Waals surface area contributed by atoms with Crippen LogP contribution < -0.4 is 11.1 Å². The average Bonchev–Trinajstić information content (AvgIpc) is 3.11. The first-order valence-electron chi connectivity index (χ1n) is 8.59. The number of carbonyl (C=O) groups is 2. The summed E-state index contributed by atoms with van der Waals surface area (Å²) in [6.45, 7) is 6.12. The summed E-state index contributed by atoms with van der Waals surface area (Å²) < 4.78 is 0. The highest BCUT2D eigenvalue weighted by atomic mass is 32.1. The van der Waals surface area contributed by atoms with Crippen molar-refractivity contribution >= 4 is 28.2 Å². The maximum Gasteiger partial charge on any atom is 0.251 e. The van der Waals surface area contributed by atoms with E-state index in [9.17, 15) is 9.59 Å². The van der Waals surface area contributed by atoms with Gasteiger partial charge in [0.1, 0.15) is 5.00 Å². The summed E-state index contributed by atoms with van der Waals surface area (Å²) in [7, 11) is 0. The molecule has 0 spiro atoms. The minimum Gasteiger partial charge on any atom is -0.366 e. The van der Waals surface area contributed by atoms with Gasteiger partial charge in [0.2, 0.25) is 5.91 Å². The van der Waals surface area contributed by atoms with E-state index in [0.717, 1.165) is 38.4 Å². The number of carbonyl (C=O) groups excluding carboxylic acids is 2. The predicted molar refractivity (Wildman–Crippen MR) is 102 cm³/mol. The number of anilines is 1. The van der Waals surface area contributed by atoms with Crippen molar-refractivity contribution in [1.29, 1.82) is 0 Å². The van der Waals surface area contributed by atoms with Gasteiger partial charge in [-0.1, -0.05) is 6.07 Å². The van der Waals surface area contributed by atoms with E-state index >= 15 is 0 Å². The van der Waals surface area contributed by atoms with Gasteiger partial charge in [0, 0.05) is 38.9 Å². The molecule has 1 unspecified atom stereocenters. The molecule has 138 valence electrons. The van der Waals surface area contributed by atoms with Crippen molar-refractivity contribution in [3.63, 3.8) is 0 Å². The van der Waals surface area contributed by atoms with Gasteiger partial charge in [-0.25, -0.2) is 0 Å². The number of rotatable bonds is 6. The van der Waals surface area contributed by atoms with Crippen LogP contribution in [0.25, 0.3) is 0 Å². The van der Waals surface area contributed by atoms with Crippen molar-refractivity contribution in [3.05, 3.63) is 47.1 Å². The zero-order chi connectivity index (χ0) is 18.5. The molecule has 0 aromatic carbocycles. The molecular weight excluding hydrogens is 350 g/mol. The van der Waals surface area contributed by atoms with Gasteiger partial charge in [-0.2, -0.15) is 0 Å². The van der Waals surface area contributed by atoms with Gasteiger partial charge in [-0.3, -0.25) is 24.4 Å². The van der Waals surface area contributed by atoms with Crippen molar-refractivity contribution in [3.8, 4) is 0 Å². The molecule has 3 heterocycles. The third-order valence-corrected chi connectivity index (χ3v) is 5.44. The van der Waals surface area contributed by atoms with E-state index in [1.54, 1.807) is 11.4 Å². The lowest BCUT2D eigenvalue weighted by atomic mass is 10.2. The molecule has 1 aliphatic heterocycles. The van der Waals surface area contributed by atoms with E-state index in [2.05, 4.69) is 20.1 Å². The molecule has 3 N–H and O–H groups in total. The molecule has 8 heteroatoms. The first-order chi connectivity index (χ1) is 12.5. The smallest absolute Gasteiger partial charge is 0.251 e.